The summed E-state index contributed by atoms with van der Waals surface area (Å²) in [6.45, 7) is 7.87. The second-order valence-electron chi connectivity index (χ2n) is 9.68. The number of aromatic amines is 1. The van der Waals surface area contributed by atoms with Crippen molar-refractivity contribution in [2.45, 2.75) is 65.6 Å². The monoisotopic (exact) mass is 495 g/mol. The Bertz CT molecular complexity index is 1150. The lowest BCUT2D eigenvalue weighted by molar-refractivity contribution is -0.139. The molecule has 0 aliphatic heterocycles. The molecular weight excluding hydrogens is 462 g/mol. The minimum atomic E-state index is -1.27. The first-order chi connectivity index (χ1) is 17.1. The Hall–Kier alpha value is -4.02. The molecule has 2 amide bonds. The van der Waals surface area contributed by atoms with Gasteiger partial charge in [-0.15, -0.1) is 0 Å². The minimum Gasteiger partial charge on any atom is -0.465 e. The van der Waals surface area contributed by atoms with Crippen LogP contribution in [0.1, 0.15) is 47.0 Å². The number of pyridine rings is 1. The van der Waals surface area contributed by atoms with Gasteiger partial charge in [0, 0.05) is 30.2 Å². The molecule has 192 valence electrons. The Morgan fingerprint density at radius 3 is 2.56 bits per heavy atom. The van der Waals surface area contributed by atoms with Gasteiger partial charge in [-0.1, -0.05) is 40.5 Å². The van der Waals surface area contributed by atoms with E-state index in [0.717, 1.165) is 16.9 Å². The molecule has 0 radical (unpaired) electrons. The molecule has 0 bridgehead atoms. The van der Waals surface area contributed by atoms with E-state index in [1.165, 1.54) is 12.3 Å². The van der Waals surface area contributed by atoms with Gasteiger partial charge in [-0.2, -0.15) is 10.2 Å². The predicted molar refractivity (Wildman–Crippen MR) is 134 cm³/mol. The maximum Gasteiger partial charge on any atom is 0.408 e. The van der Waals surface area contributed by atoms with Gasteiger partial charge in [0.2, 0.25) is 5.78 Å². The molecule has 3 heterocycles. The summed E-state index contributed by atoms with van der Waals surface area (Å²) in [7, 11) is 0. The first kappa shape index (κ1) is 26.6. The molecule has 11 heteroatoms. The van der Waals surface area contributed by atoms with Crippen LogP contribution in [-0.4, -0.2) is 64.8 Å². The zero-order valence-electron chi connectivity index (χ0n) is 21.0. The molecule has 3 rings (SSSR count). The topological polar surface area (TPSA) is 146 Å². The highest BCUT2D eigenvalue weighted by molar-refractivity contribution is 6.42. The Labute approximate surface area is 209 Å². The summed E-state index contributed by atoms with van der Waals surface area (Å²) >= 11 is 0. The third-order valence-corrected chi connectivity index (χ3v) is 5.96. The Balaban J connectivity index is 1.92. The fourth-order valence-corrected chi connectivity index (χ4v) is 4.03. The highest BCUT2D eigenvalue weighted by Crippen LogP contribution is 2.30. The lowest BCUT2D eigenvalue weighted by Crippen LogP contribution is -2.57. The van der Waals surface area contributed by atoms with Gasteiger partial charge in [0.1, 0.15) is 11.9 Å². The number of amides is 2. The van der Waals surface area contributed by atoms with Crippen LogP contribution in [0.2, 0.25) is 0 Å². The summed E-state index contributed by atoms with van der Waals surface area (Å²) in [5.74, 6) is -1.44. The largest absolute Gasteiger partial charge is 0.465 e. The van der Waals surface area contributed by atoms with E-state index < -0.39 is 35.3 Å². The fraction of sp³-hybridized carbons (Fsp3) is 0.440. The molecule has 0 fully saturated rings. The Kier molecular flexibility index (Phi) is 8.57. The van der Waals surface area contributed by atoms with Crippen molar-refractivity contribution >= 4 is 23.6 Å². The van der Waals surface area contributed by atoms with E-state index in [-0.39, 0.29) is 18.8 Å². The van der Waals surface area contributed by atoms with Crippen molar-refractivity contribution in [2.75, 3.05) is 5.32 Å². The van der Waals surface area contributed by atoms with Crippen LogP contribution in [0.3, 0.4) is 0 Å². The molecule has 0 saturated carbocycles. The summed E-state index contributed by atoms with van der Waals surface area (Å²) in [4.78, 5) is 44.0. The molecule has 0 aromatic carbocycles. The number of aromatic nitrogens is 5. The summed E-state index contributed by atoms with van der Waals surface area (Å²) in [6.07, 6.45) is 6.89. The highest BCUT2D eigenvalue weighted by Gasteiger charge is 2.42. The molecule has 3 aromatic rings. The maximum atomic E-state index is 13.3. The van der Waals surface area contributed by atoms with Crippen LogP contribution in [0.25, 0.3) is 11.3 Å². The van der Waals surface area contributed by atoms with Gasteiger partial charge in [0.25, 0.3) is 5.91 Å². The summed E-state index contributed by atoms with van der Waals surface area (Å²) in [5.41, 5.74) is 0.976. The standard InChI is InChI=1S/C25H33N7O4/c1-5-6-9-19(22(33)23(34)28-21-10-13-27-29-21)32(24(35)36)20(25(2,3)4)16-31-14-11-18(30-31)17-8-7-12-26-15-17/h7-8,10-15,19-20H,5-6,9,16H2,1-4H3,(H,35,36)(H2,27,28,29,34)/t19-,20?/m0/s1. The number of rotatable bonds is 11. The van der Waals surface area contributed by atoms with Gasteiger partial charge in [-0.3, -0.25) is 29.3 Å². The molecule has 36 heavy (non-hydrogen) atoms. The summed E-state index contributed by atoms with van der Waals surface area (Å²) in [5, 5.41) is 23.7. The molecule has 0 saturated heterocycles. The van der Waals surface area contributed by atoms with E-state index in [9.17, 15) is 19.5 Å². The average Bonchev–Trinajstić information content (AvgIpc) is 3.52. The van der Waals surface area contributed by atoms with Gasteiger partial charge < -0.3 is 10.4 Å². The summed E-state index contributed by atoms with van der Waals surface area (Å²) < 4.78 is 1.67. The number of anilines is 1. The van der Waals surface area contributed by atoms with Gasteiger partial charge in [0.15, 0.2) is 0 Å². The van der Waals surface area contributed by atoms with Gasteiger partial charge in [-0.25, -0.2) is 4.79 Å². The number of Topliss-reactive ketones (excluding diaryl/α,β-unsaturated/α-hetero) is 1. The van der Waals surface area contributed by atoms with Crippen LogP contribution < -0.4 is 5.32 Å². The highest BCUT2D eigenvalue weighted by atomic mass is 16.4. The number of ketones is 1. The first-order valence-corrected chi connectivity index (χ1v) is 11.9. The van der Waals surface area contributed by atoms with Crippen molar-refractivity contribution in [3.63, 3.8) is 0 Å². The smallest absolute Gasteiger partial charge is 0.408 e. The molecular formula is C25H33N7O4. The number of unbranched alkanes of at least 4 members (excludes halogenated alkanes) is 1. The molecule has 2 atom stereocenters. The van der Waals surface area contributed by atoms with Crippen LogP contribution in [0.15, 0.2) is 49.1 Å². The average molecular weight is 496 g/mol. The van der Waals surface area contributed by atoms with Crippen molar-refractivity contribution < 1.29 is 19.5 Å². The van der Waals surface area contributed by atoms with E-state index in [0.29, 0.717) is 12.1 Å². The number of hydrogen-bond donors (Lipinski definition) is 3. The van der Waals surface area contributed by atoms with Crippen LogP contribution in [-0.2, 0) is 16.1 Å². The third kappa shape index (κ3) is 6.55. The minimum absolute atomic E-state index is 0.203. The molecule has 1 unspecified atom stereocenters. The Morgan fingerprint density at radius 1 is 1.19 bits per heavy atom. The van der Waals surface area contributed by atoms with Crippen LogP contribution >= 0.6 is 0 Å². The third-order valence-electron chi connectivity index (χ3n) is 5.96. The maximum absolute atomic E-state index is 13.3. The Morgan fingerprint density at radius 2 is 1.97 bits per heavy atom. The van der Waals surface area contributed by atoms with Crippen LogP contribution in [0, 0.1) is 5.41 Å². The van der Waals surface area contributed by atoms with Crippen molar-refractivity contribution in [1.29, 1.82) is 0 Å². The van der Waals surface area contributed by atoms with E-state index in [2.05, 4.69) is 25.6 Å². The normalized spacial score (nSPS) is 13.1. The number of hydrogen-bond acceptors (Lipinski definition) is 6. The number of nitrogens with zero attached hydrogens (tertiary/aromatic N) is 5. The molecule has 3 N–H and O–H groups in total. The second-order valence-corrected chi connectivity index (χ2v) is 9.68. The number of H-pyrrole nitrogens is 1. The number of nitrogens with one attached hydrogen (secondary N) is 2. The molecule has 3 aromatic heterocycles. The summed E-state index contributed by atoms with van der Waals surface area (Å²) in [6, 6.07) is 5.25. The predicted octanol–water partition coefficient (Wildman–Crippen LogP) is 3.83. The molecule has 11 nitrogen and oxygen atoms in total. The van der Waals surface area contributed by atoms with Crippen LogP contribution in [0.5, 0.6) is 0 Å². The van der Waals surface area contributed by atoms with E-state index >= 15 is 0 Å². The fourth-order valence-electron chi connectivity index (χ4n) is 4.03. The van der Waals surface area contributed by atoms with Crippen molar-refractivity contribution in [1.82, 2.24) is 29.9 Å². The first-order valence-electron chi connectivity index (χ1n) is 11.9. The molecule has 0 aliphatic carbocycles. The van der Waals surface area contributed by atoms with E-state index in [1.807, 2.05) is 45.9 Å². The number of carbonyl (C=O) groups excluding carboxylic acids is 2. The zero-order valence-corrected chi connectivity index (χ0v) is 21.0. The molecule has 0 spiro atoms. The van der Waals surface area contributed by atoms with Gasteiger partial charge >= 0.3 is 6.09 Å². The van der Waals surface area contributed by atoms with Crippen molar-refractivity contribution in [2.24, 2.45) is 5.41 Å². The van der Waals surface area contributed by atoms with Crippen molar-refractivity contribution in [3.8, 4) is 11.3 Å². The van der Waals surface area contributed by atoms with E-state index in [4.69, 9.17) is 0 Å². The molecule has 0 aliphatic rings. The zero-order chi connectivity index (χ0) is 26.3. The lowest BCUT2D eigenvalue weighted by Gasteiger charge is -2.42. The van der Waals surface area contributed by atoms with Gasteiger partial charge in [-0.05, 0) is 30.0 Å². The lowest BCUT2D eigenvalue weighted by atomic mass is 9.84. The SMILES string of the molecule is CCCC[C@@H](C(=O)C(=O)Nc1ccn[nH]1)N(C(=O)O)C(Cn1ccc(-c2cccnc2)n1)C(C)(C)C. The quantitative estimate of drug-likeness (QED) is 0.343. The number of carboxylic acid groups (broad SMARTS) is 1. The van der Waals surface area contributed by atoms with Crippen molar-refractivity contribution in [3.05, 3.63) is 49.1 Å². The van der Waals surface area contributed by atoms with Crippen LogP contribution in [0.4, 0.5) is 10.6 Å². The van der Waals surface area contributed by atoms with Gasteiger partial charge in [0.05, 0.1) is 24.5 Å². The second kappa shape index (κ2) is 11.6. The number of carbonyl (C=O) groups is 3. The van der Waals surface area contributed by atoms with E-state index in [1.54, 1.807) is 23.3 Å².